The second kappa shape index (κ2) is 6.43. The van der Waals surface area contributed by atoms with Gasteiger partial charge in [-0.3, -0.25) is 10.6 Å². The Labute approximate surface area is 124 Å². The van der Waals surface area contributed by atoms with E-state index in [1.54, 1.807) is 18.2 Å². The molecule has 1 aliphatic rings. The summed E-state index contributed by atoms with van der Waals surface area (Å²) < 4.78 is 0. The number of carbonyl (C=O) groups is 1. The number of nitrogens with two attached hydrogens (primary N) is 1. The van der Waals surface area contributed by atoms with E-state index in [9.17, 15) is 4.79 Å². The summed E-state index contributed by atoms with van der Waals surface area (Å²) in [5, 5.41) is 0.538. The summed E-state index contributed by atoms with van der Waals surface area (Å²) >= 11 is 6.00. The van der Waals surface area contributed by atoms with E-state index in [0.717, 1.165) is 25.9 Å². The van der Waals surface area contributed by atoms with E-state index in [0.29, 0.717) is 16.3 Å². The molecular weight excluding hydrogens is 276 g/mol. The van der Waals surface area contributed by atoms with E-state index in [2.05, 4.69) is 10.3 Å². The maximum atomic E-state index is 12.7. The van der Waals surface area contributed by atoms with Crippen LogP contribution < -0.4 is 11.3 Å². The predicted molar refractivity (Wildman–Crippen MR) is 81.9 cm³/mol. The van der Waals surface area contributed by atoms with Crippen molar-refractivity contribution in [3.05, 3.63) is 28.8 Å². The highest BCUT2D eigenvalue weighted by Crippen LogP contribution is 2.26. The van der Waals surface area contributed by atoms with Gasteiger partial charge in [-0.25, -0.2) is 0 Å². The molecule has 0 spiro atoms. The van der Waals surface area contributed by atoms with Gasteiger partial charge in [-0.05, 0) is 45.1 Å². The Balaban J connectivity index is 2.24. The van der Waals surface area contributed by atoms with Crippen LogP contribution in [-0.2, 0) is 0 Å². The third kappa shape index (κ3) is 3.23. The number of anilines is 1. The van der Waals surface area contributed by atoms with Gasteiger partial charge in [0, 0.05) is 24.2 Å². The minimum atomic E-state index is -0.00944. The molecule has 0 radical (unpaired) electrons. The van der Waals surface area contributed by atoms with Gasteiger partial charge in [0.1, 0.15) is 0 Å². The molecule has 20 heavy (non-hydrogen) atoms. The number of hydrazine groups is 1. The molecule has 1 unspecified atom stereocenters. The Morgan fingerprint density at radius 2 is 2.30 bits per heavy atom. The number of likely N-dealkylation sites (N-methyl/N-ethyl adjacent to an activating group) is 1. The van der Waals surface area contributed by atoms with Gasteiger partial charge in [0.15, 0.2) is 0 Å². The molecule has 1 aliphatic heterocycles. The van der Waals surface area contributed by atoms with Gasteiger partial charge in [-0.1, -0.05) is 11.6 Å². The molecule has 5 nitrogen and oxygen atoms in total. The highest BCUT2D eigenvalue weighted by Gasteiger charge is 2.30. The lowest BCUT2D eigenvalue weighted by Crippen LogP contribution is -2.41. The highest BCUT2D eigenvalue weighted by molar-refractivity contribution is 6.31. The summed E-state index contributed by atoms with van der Waals surface area (Å²) in [6, 6.07) is 5.37. The summed E-state index contributed by atoms with van der Waals surface area (Å²) in [6.07, 6.45) is 2.08. The van der Waals surface area contributed by atoms with Gasteiger partial charge in [-0.15, -0.1) is 0 Å². The number of likely N-dealkylation sites (tertiary alicyclic amines) is 1. The molecule has 110 valence electrons. The fraction of sp³-hybridized carbons (Fsp3) is 0.500. The molecule has 6 heteroatoms. The SMILES string of the molecule is CN(C)CC1CCCN1C(=O)c1cc(Cl)ccc1NN. The zero-order chi connectivity index (χ0) is 14.7. The lowest BCUT2D eigenvalue weighted by molar-refractivity contribution is 0.0717. The van der Waals surface area contributed by atoms with Gasteiger partial charge in [0.2, 0.25) is 0 Å². The summed E-state index contributed by atoms with van der Waals surface area (Å²) in [6.45, 7) is 1.66. The summed E-state index contributed by atoms with van der Waals surface area (Å²) in [5.74, 6) is 5.47. The van der Waals surface area contributed by atoms with E-state index in [1.807, 2.05) is 19.0 Å². The molecule has 1 aromatic carbocycles. The first-order chi connectivity index (χ1) is 9.52. The summed E-state index contributed by atoms with van der Waals surface area (Å²) in [7, 11) is 4.04. The predicted octanol–water partition coefficient (Wildman–Crippen LogP) is 1.79. The zero-order valence-electron chi connectivity index (χ0n) is 11.9. The molecule has 0 saturated carbocycles. The van der Waals surface area contributed by atoms with Crippen LogP contribution in [0, 0.1) is 0 Å². The van der Waals surface area contributed by atoms with Gasteiger partial charge >= 0.3 is 0 Å². The number of rotatable bonds is 4. The molecule has 1 fully saturated rings. The Morgan fingerprint density at radius 3 is 2.95 bits per heavy atom. The smallest absolute Gasteiger partial charge is 0.256 e. The topological polar surface area (TPSA) is 61.6 Å². The van der Waals surface area contributed by atoms with Crippen molar-refractivity contribution < 1.29 is 4.79 Å². The van der Waals surface area contributed by atoms with Crippen LogP contribution in [0.5, 0.6) is 0 Å². The van der Waals surface area contributed by atoms with Crippen LogP contribution in [0.3, 0.4) is 0 Å². The summed E-state index contributed by atoms with van der Waals surface area (Å²) in [4.78, 5) is 16.8. The van der Waals surface area contributed by atoms with Gasteiger partial charge in [0.05, 0.1) is 11.3 Å². The van der Waals surface area contributed by atoms with Gasteiger partial charge in [-0.2, -0.15) is 0 Å². The normalized spacial score (nSPS) is 18.6. The average molecular weight is 297 g/mol. The standard InChI is InChI=1S/C14H21ClN4O/c1-18(2)9-11-4-3-7-19(11)14(20)12-8-10(15)5-6-13(12)17-16/h5-6,8,11,17H,3-4,7,9,16H2,1-2H3. The Hall–Kier alpha value is -1.30. The number of nitrogen functional groups attached to an aromatic ring is 1. The van der Waals surface area contributed by atoms with Crippen LogP contribution in [0.4, 0.5) is 5.69 Å². The van der Waals surface area contributed by atoms with Crippen molar-refractivity contribution in [2.24, 2.45) is 5.84 Å². The fourth-order valence-corrected chi connectivity index (χ4v) is 2.86. The van der Waals surface area contributed by atoms with Crippen molar-refractivity contribution in [3.8, 4) is 0 Å². The van der Waals surface area contributed by atoms with Crippen LogP contribution in [0.1, 0.15) is 23.2 Å². The Morgan fingerprint density at radius 1 is 1.55 bits per heavy atom. The maximum Gasteiger partial charge on any atom is 0.256 e. The maximum absolute atomic E-state index is 12.7. The van der Waals surface area contributed by atoms with Gasteiger partial charge < -0.3 is 15.2 Å². The molecule has 1 heterocycles. The molecule has 0 aliphatic carbocycles. The van der Waals surface area contributed by atoms with Crippen LogP contribution in [0.2, 0.25) is 5.02 Å². The van der Waals surface area contributed by atoms with E-state index in [1.165, 1.54) is 0 Å². The van der Waals surface area contributed by atoms with Crippen molar-refractivity contribution in [2.75, 3.05) is 32.6 Å². The van der Waals surface area contributed by atoms with Crippen LogP contribution in [0.25, 0.3) is 0 Å². The third-order valence-corrected chi connectivity index (χ3v) is 3.82. The molecule has 3 N–H and O–H groups in total. The van der Waals surface area contributed by atoms with E-state index >= 15 is 0 Å². The average Bonchev–Trinajstić information content (AvgIpc) is 2.85. The van der Waals surface area contributed by atoms with E-state index in [-0.39, 0.29) is 11.9 Å². The highest BCUT2D eigenvalue weighted by atomic mass is 35.5. The Kier molecular flexibility index (Phi) is 4.86. The molecule has 1 aromatic rings. The summed E-state index contributed by atoms with van der Waals surface area (Å²) in [5.41, 5.74) is 3.71. The van der Waals surface area contributed by atoms with Crippen molar-refractivity contribution >= 4 is 23.2 Å². The molecular formula is C14H21ClN4O. The first-order valence-electron chi connectivity index (χ1n) is 6.75. The largest absolute Gasteiger partial charge is 0.334 e. The lowest BCUT2D eigenvalue weighted by Gasteiger charge is -2.28. The minimum absolute atomic E-state index is 0.00944. The first kappa shape index (κ1) is 15.1. The molecule has 2 rings (SSSR count). The number of halogens is 1. The number of benzene rings is 1. The van der Waals surface area contributed by atoms with Crippen molar-refractivity contribution in [3.63, 3.8) is 0 Å². The van der Waals surface area contributed by atoms with E-state index < -0.39 is 0 Å². The van der Waals surface area contributed by atoms with Crippen molar-refractivity contribution in [2.45, 2.75) is 18.9 Å². The molecule has 1 amide bonds. The lowest BCUT2D eigenvalue weighted by atomic mass is 10.1. The van der Waals surface area contributed by atoms with Gasteiger partial charge in [0.25, 0.3) is 5.91 Å². The van der Waals surface area contributed by atoms with Crippen LogP contribution in [0.15, 0.2) is 18.2 Å². The molecule has 1 atom stereocenters. The molecule has 1 saturated heterocycles. The van der Waals surface area contributed by atoms with Crippen LogP contribution >= 0.6 is 11.6 Å². The first-order valence-corrected chi connectivity index (χ1v) is 7.12. The number of nitrogens with zero attached hydrogens (tertiary/aromatic N) is 2. The minimum Gasteiger partial charge on any atom is -0.334 e. The molecule has 0 bridgehead atoms. The third-order valence-electron chi connectivity index (χ3n) is 3.58. The van der Waals surface area contributed by atoms with Crippen molar-refractivity contribution in [1.82, 2.24) is 9.80 Å². The van der Waals surface area contributed by atoms with Crippen molar-refractivity contribution in [1.29, 1.82) is 0 Å². The zero-order valence-corrected chi connectivity index (χ0v) is 12.7. The second-order valence-corrected chi connectivity index (χ2v) is 5.83. The quantitative estimate of drug-likeness (QED) is 0.657. The number of hydrogen-bond donors (Lipinski definition) is 2. The fourth-order valence-electron chi connectivity index (χ4n) is 2.69. The van der Waals surface area contributed by atoms with E-state index in [4.69, 9.17) is 17.4 Å². The second-order valence-electron chi connectivity index (χ2n) is 5.39. The number of carbonyl (C=O) groups excluding carboxylic acids is 1. The van der Waals surface area contributed by atoms with Crippen LogP contribution in [-0.4, -0.2) is 48.9 Å². The Bertz CT molecular complexity index is 492. The molecule has 0 aromatic heterocycles. The monoisotopic (exact) mass is 296 g/mol. The number of hydrogen-bond acceptors (Lipinski definition) is 4. The number of nitrogens with one attached hydrogen (secondary N) is 1. The number of amides is 1.